The second-order valence-corrected chi connectivity index (χ2v) is 4.55. The summed E-state index contributed by atoms with van der Waals surface area (Å²) in [5.41, 5.74) is 1.81. The SMILES string of the molecule is CCc1cc(OC)ccc1C(=O)Cn1cc[n+](C)c1. The predicted molar refractivity (Wildman–Crippen MR) is 72.3 cm³/mol. The lowest BCUT2D eigenvalue weighted by Gasteiger charge is -2.08. The van der Waals surface area contributed by atoms with E-state index in [0.717, 1.165) is 23.3 Å². The first-order valence-corrected chi connectivity index (χ1v) is 6.35. The fraction of sp³-hybridized carbons (Fsp3) is 0.333. The number of Topliss-reactive ketones (excluding diaryl/α,β-unsaturated/α-hetero) is 1. The third kappa shape index (κ3) is 3.02. The molecule has 0 atom stereocenters. The molecule has 4 nitrogen and oxygen atoms in total. The predicted octanol–water partition coefficient (Wildman–Crippen LogP) is 1.77. The fourth-order valence-corrected chi connectivity index (χ4v) is 2.11. The highest BCUT2D eigenvalue weighted by molar-refractivity contribution is 5.97. The molecule has 0 amide bonds. The molecule has 1 heterocycles. The van der Waals surface area contributed by atoms with E-state index in [0.29, 0.717) is 6.54 Å². The second-order valence-electron chi connectivity index (χ2n) is 4.55. The van der Waals surface area contributed by atoms with Crippen LogP contribution in [0.5, 0.6) is 5.75 Å². The van der Waals surface area contributed by atoms with Crippen molar-refractivity contribution in [2.45, 2.75) is 19.9 Å². The molecule has 1 aromatic carbocycles. The van der Waals surface area contributed by atoms with E-state index in [-0.39, 0.29) is 5.78 Å². The number of hydrogen-bond donors (Lipinski definition) is 0. The zero-order chi connectivity index (χ0) is 13.8. The molecule has 100 valence electrons. The highest BCUT2D eigenvalue weighted by Crippen LogP contribution is 2.19. The van der Waals surface area contributed by atoms with Gasteiger partial charge in [-0.05, 0) is 30.2 Å². The van der Waals surface area contributed by atoms with Crippen molar-refractivity contribution in [1.82, 2.24) is 4.57 Å². The number of hydrogen-bond acceptors (Lipinski definition) is 2. The van der Waals surface area contributed by atoms with E-state index in [1.54, 1.807) is 7.11 Å². The fourth-order valence-electron chi connectivity index (χ4n) is 2.11. The molecule has 2 aromatic rings. The van der Waals surface area contributed by atoms with E-state index in [2.05, 4.69) is 0 Å². The summed E-state index contributed by atoms with van der Waals surface area (Å²) in [7, 11) is 3.57. The largest absolute Gasteiger partial charge is 0.497 e. The number of carbonyl (C=O) groups is 1. The Morgan fingerprint density at radius 1 is 1.42 bits per heavy atom. The number of ether oxygens (including phenoxy) is 1. The van der Waals surface area contributed by atoms with Crippen LogP contribution in [0.15, 0.2) is 36.9 Å². The number of rotatable bonds is 5. The summed E-state index contributed by atoms with van der Waals surface area (Å²) in [6, 6.07) is 5.62. The van der Waals surface area contributed by atoms with Gasteiger partial charge in [-0.15, -0.1) is 0 Å². The Bertz CT molecular complexity index is 588. The topological polar surface area (TPSA) is 35.1 Å². The first kappa shape index (κ1) is 13.3. The lowest BCUT2D eigenvalue weighted by molar-refractivity contribution is -0.671. The monoisotopic (exact) mass is 259 g/mol. The maximum absolute atomic E-state index is 12.3. The summed E-state index contributed by atoms with van der Waals surface area (Å²) in [5, 5.41) is 0. The summed E-state index contributed by atoms with van der Waals surface area (Å²) in [6.07, 6.45) is 6.53. The smallest absolute Gasteiger partial charge is 0.243 e. The first-order chi connectivity index (χ1) is 9.13. The molecule has 0 N–H and O–H groups in total. The molecule has 0 saturated heterocycles. The van der Waals surface area contributed by atoms with Gasteiger partial charge < -0.3 is 4.74 Å². The van der Waals surface area contributed by atoms with E-state index in [4.69, 9.17) is 4.74 Å². The van der Waals surface area contributed by atoms with Crippen LogP contribution in [0.3, 0.4) is 0 Å². The average Bonchev–Trinajstić information content (AvgIpc) is 2.83. The van der Waals surface area contributed by atoms with Gasteiger partial charge in [-0.25, -0.2) is 9.13 Å². The van der Waals surface area contributed by atoms with Gasteiger partial charge in [0, 0.05) is 5.56 Å². The Kier molecular flexibility index (Phi) is 4.00. The Balaban J connectivity index is 2.23. The van der Waals surface area contributed by atoms with Gasteiger partial charge in [0.15, 0.2) is 6.54 Å². The summed E-state index contributed by atoms with van der Waals surface area (Å²) < 4.78 is 8.99. The minimum absolute atomic E-state index is 0.121. The standard InChI is InChI=1S/C15H19N2O2/c1-4-12-9-13(19-3)5-6-14(12)15(18)10-17-8-7-16(2)11-17/h5-9,11H,4,10H2,1-3H3/q+1. The van der Waals surface area contributed by atoms with Crippen molar-refractivity contribution in [1.29, 1.82) is 0 Å². The van der Waals surface area contributed by atoms with Crippen molar-refractivity contribution in [3.63, 3.8) is 0 Å². The number of methoxy groups -OCH3 is 1. The number of imidazole rings is 1. The number of benzene rings is 1. The number of nitrogens with zero attached hydrogens (tertiary/aromatic N) is 2. The van der Waals surface area contributed by atoms with Gasteiger partial charge in [-0.3, -0.25) is 4.79 Å². The van der Waals surface area contributed by atoms with Gasteiger partial charge in [0.05, 0.1) is 14.2 Å². The average molecular weight is 259 g/mol. The molecule has 0 aliphatic heterocycles. The summed E-state index contributed by atoms with van der Waals surface area (Å²) >= 11 is 0. The van der Waals surface area contributed by atoms with E-state index in [1.165, 1.54) is 0 Å². The van der Waals surface area contributed by atoms with Crippen molar-refractivity contribution < 1.29 is 14.1 Å². The van der Waals surface area contributed by atoms with Crippen LogP contribution in [-0.2, 0) is 20.0 Å². The highest BCUT2D eigenvalue weighted by Gasteiger charge is 2.14. The normalized spacial score (nSPS) is 10.5. The zero-order valence-electron chi connectivity index (χ0n) is 11.6. The lowest BCUT2D eigenvalue weighted by atomic mass is 10.0. The van der Waals surface area contributed by atoms with Crippen molar-refractivity contribution >= 4 is 5.78 Å². The molecule has 19 heavy (non-hydrogen) atoms. The van der Waals surface area contributed by atoms with Crippen molar-refractivity contribution in [3.05, 3.63) is 48.0 Å². The quantitative estimate of drug-likeness (QED) is 0.606. The first-order valence-electron chi connectivity index (χ1n) is 6.35. The van der Waals surface area contributed by atoms with Gasteiger partial charge >= 0.3 is 0 Å². The Morgan fingerprint density at radius 2 is 2.21 bits per heavy atom. The molecular formula is C15H19N2O2+. The summed E-state index contributed by atoms with van der Waals surface area (Å²) in [5.74, 6) is 0.913. The second kappa shape index (κ2) is 5.69. The molecule has 0 bridgehead atoms. The Labute approximate surface area is 113 Å². The third-order valence-corrected chi connectivity index (χ3v) is 3.14. The van der Waals surface area contributed by atoms with Crippen LogP contribution in [0.4, 0.5) is 0 Å². The molecule has 2 rings (SSSR count). The van der Waals surface area contributed by atoms with E-state index < -0.39 is 0 Å². The van der Waals surface area contributed by atoms with Gasteiger partial charge in [0.25, 0.3) is 0 Å². The molecule has 0 aliphatic rings. The molecular weight excluding hydrogens is 240 g/mol. The van der Waals surface area contributed by atoms with E-state index >= 15 is 0 Å². The number of carbonyl (C=O) groups excluding carboxylic acids is 1. The number of aryl methyl sites for hydroxylation is 2. The molecule has 0 unspecified atom stereocenters. The molecule has 0 spiro atoms. The van der Waals surface area contributed by atoms with Gasteiger partial charge in [0.1, 0.15) is 18.1 Å². The van der Waals surface area contributed by atoms with Gasteiger partial charge in [-0.1, -0.05) is 6.92 Å². The molecule has 0 aliphatic carbocycles. The molecule has 0 saturated carbocycles. The minimum atomic E-state index is 0.121. The minimum Gasteiger partial charge on any atom is -0.497 e. The van der Waals surface area contributed by atoms with E-state index in [9.17, 15) is 4.79 Å². The maximum Gasteiger partial charge on any atom is 0.243 e. The summed E-state index contributed by atoms with van der Waals surface area (Å²) in [4.78, 5) is 12.3. The van der Waals surface area contributed by atoms with Crippen LogP contribution in [-0.4, -0.2) is 17.5 Å². The Hall–Kier alpha value is -2.10. The van der Waals surface area contributed by atoms with Crippen LogP contribution in [0, 0.1) is 0 Å². The maximum atomic E-state index is 12.3. The van der Waals surface area contributed by atoms with Crippen molar-refractivity contribution in [2.24, 2.45) is 7.05 Å². The van der Waals surface area contributed by atoms with Crippen LogP contribution < -0.4 is 9.30 Å². The molecule has 0 fully saturated rings. The Morgan fingerprint density at radius 3 is 2.79 bits per heavy atom. The zero-order valence-corrected chi connectivity index (χ0v) is 11.6. The molecule has 4 heteroatoms. The van der Waals surface area contributed by atoms with E-state index in [1.807, 2.05) is 60.0 Å². The van der Waals surface area contributed by atoms with Gasteiger partial charge in [0.2, 0.25) is 12.1 Å². The number of ketones is 1. The molecule has 0 radical (unpaired) electrons. The number of aromatic nitrogens is 2. The van der Waals surface area contributed by atoms with Crippen LogP contribution in [0.2, 0.25) is 0 Å². The van der Waals surface area contributed by atoms with Crippen LogP contribution >= 0.6 is 0 Å². The highest BCUT2D eigenvalue weighted by atomic mass is 16.5. The van der Waals surface area contributed by atoms with Crippen LogP contribution in [0.25, 0.3) is 0 Å². The van der Waals surface area contributed by atoms with Crippen molar-refractivity contribution in [2.75, 3.05) is 7.11 Å². The van der Waals surface area contributed by atoms with Crippen molar-refractivity contribution in [3.8, 4) is 5.75 Å². The third-order valence-electron chi connectivity index (χ3n) is 3.14. The summed E-state index contributed by atoms with van der Waals surface area (Å²) in [6.45, 7) is 2.40. The van der Waals surface area contributed by atoms with Gasteiger partial charge in [-0.2, -0.15) is 0 Å². The lowest BCUT2D eigenvalue weighted by Crippen LogP contribution is -2.24. The van der Waals surface area contributed by atoms with Crippen LogP contribution in [0.1, 0.15) is 22.8 Å². The molecule has 1 aromatic heterocycles.